The molecule has 3 aromatic rings. The molecule has 0 bridgehead atoms. The molecule has 0 atom stereocenters. The molecule has 1 aliphatic rings. The first-order valence-electron chi connectivity index (χ1n) is 7.80. The number of aromatic hydroxyl groups is 3. The zero-order chi connectivity index (χ0) is 18.4. The number of pyridine rings is 2. The van der Waals surface area contributed by atoms with Crippen LogP contribution in [0.1, 0.15) is 12.0 Å². The van der Waals surface area contributed by atoms with Gasteiger partial charge in [-0.25, -0.2) is 0 Å². The quantitative estimate of drug-likeness (QED) is 0.416. The van der Waals surface area contributed by atoms with Crippen LogP contribution in [-0.2, 0) is 0 Å². The molecule has 5 N–H and O–H groups in total. The highest BCUT2D eigenvalue weighted by Crippen LogP contribution is 2.34. The van der Waals surface area contributed by atoms with Crippen molar-refractivity contribution in [2.24, 2.45) is 0 Å². The SMILES string of the molecule is O=c1[nH]c(O)cc2c1=C(O)CC(=Cc1ccnc3c(O)c(O)ccc13)C=2. The number of aromatic amines is 1. The fourth-order valence-electron chi connectivity index (χ4n) is 3.14. The first-order chi connectivity index (χ1) is 12.4. The molecule has 0 fully saturated rings. The van der Waals surface area contributed by atoms with Gasteiger partial charge in [0, 0.05) is 24.1 Å². The van der Waals surface area contributed by atoms with Crippen molar-refractivity contribution in [3.63, 3.8) is 0 Å². The molecule has 130 valence electrons. The summed E-state index contributed by atoms with van der Waals surface area (Å²) in [4.78, 5) is 18.2. The van der Waals surface area contributed by atoms with Crippen LogP contribution in [0.2, 0.25) is 0 Å². The normalized spacial score (nSPS) is 15.1. The Bertz CT molecular complexity index is 1270. The highest BCUT2D eigenvalue weighted by atomic mass is 16.3. The molecule has 1 aliphatic carbocycles. The molecular weight excluding hydrogens is 336 g/mol. The first-order valence-corrected chi connectivity index (χ1v) is 7.80. The minimum atomic E-state index is -0.553. The van der Waals surface area contributed by atoms with Crippen LogP contribution in [-0.4, -0.2) is 30.4 Å². The summed E-state index contributed by atoms with van der Waals surface area (Å²) in [6, 6.07) is 6.12. The maximum atomic E-state index is 11.9. The zero-order valence-electron chi connectivity index (χ0n) is 13.4. The number of aromatic nitrogens is 2. The van der Waals surface area contributed by atoms with E-state index in [4.69, 9.17) is 0 Å². The van der Waals surface area contributed by atoms with Crippen molar-refractivity contribution in [1.29, 1.82) is 0 Å². The number of benzene rings is 1. The molecule has 2 heterocycles. The van der Waals surface area contributed by atoms with Crippen LogP contribution in [0.5, 0.6) is 17.4 Å². The van der Waals surface area contributed by atoms with E-state index in [1.807, 2.05) is 0 Å². The van der Waals surface area contributed by atoms with Crippen molar-refractivity contribution in [1.82, 2.24) is 9.97 Å². The van der Waals surface area contributed by atoms with E-state index in [-0.39, 0.29) is 40.3 Å². The second kappa shape index (κ2) is 5.66. The molecule has 0 amide bonds. The number of fused-ring (bicyclic) bond motifs is 2. The number of rotatable bonds is 1. The van der Waals surface area contributed by atoms with Gasteiger partial charge in [-0.05, 0) is 34.6 Å². The Morgan fingerprint density at radius 1 is 1.12 bits per heavy atom. The predicted molar refractivity (Wildman–Crippen MR) is 96.1 cm³/mol. The summed E-state index contributed by atoms with van der Waals surface area (Å²) in [7, 11) is 0. The molecule has 1 aromatic carbocycles. The van der Waals surface area contributed by atoms with E-state index < -0.39 is 5.56 Å². The molecule has 7 heteroatoms. The molecule has 26 heavy (non-hydrogen) atoms. The Morgan fingerprint density at radius 3 is 2.73 bits per heavy atom. The van der Waals surface area contributed by atoms with Gasteiger partial charge < -0.3 is 20.4 Å². The summed E-state index contributed by atoms with van der Waals surface area (Å²) in [5.74, 6) is -0.928. The number of aliphatic hydroxyl groups is 1. The van der Waals surface area contributed by atoms with Gasteiger partial charge in [-0.3, -0.25) is 14.8 Å². The lowest BCUT2D eigenvalue weighted by molar-refractivity contribution is 0.407. The summed E-state index contributed by atoms with van der Waals surface area (Å²) in [5.41, 5.74) is 1.14. The van der Waals surface area contributed by atoms with Gasteiger partial charge in [0.25, 0.3) is 5.56 Å². The number of phenolic OH excluding ortho intramolecular Hbond substituents is 2. The van der Waals surface area contributed by atoms with E-state index in [0.717, 1.165) is 5.56 Å². The van der Waals surface area contributed by atoms with Gasteiger partial charge in [0.05, 0.1) is 5.22 Å². The summed E-state index contributed by atoms with van der Waals surface area (Å²) in [6.45, 7) is 0. The van der Waals surface area contributed by atoms with Crippen LogP contribution in [0.4, 0.5) is 0 Å². The first kappa shape index (κ1) is 15.8. The Balaban J connectivity index is 1.94. The molecule has 7 nitrogen and oxygen atoms in total. The van der Waals surface area contributed by atoms with E-state index in [9.17, 15) is 25.2 Å². The number of hydrogen-bond acceptors (Lipinski definition) is 6. The monoisotopic (exact) mass is 350 g/mol. The largest absolute Gasteiger partial charge is 0.511 e. The second-order valence-electron chi connectivity index (χ2n) is 6.03. The van der Waals surface area contributed by atoms with E-state index in [1.165, 1.54) is 18.3 Å². The molecule has 0 radical (unpaired) electrons. The van der Waals surface area contributed by atoms with Crippen molar-refractivity contribution < 1.29 is 20.4 Å². The highest BCUT2D eigenvalue weighted by Gasteiger charge is 2.13. The van der Waals surface area contributed by atoms with Crippen LogP contribution in [0.25, 0.3) is 28.8 Å². The number of H-pyrrole nitrogens is 1. The van der Waals surface area contributed by atoms with Crippen LogP contribution >= 0.6 is 0 Å². The van der Waals surface area contributed by atoms with Crippen molar-refractivity contribution in [2.45, 2.75) is 6.42 Å². The average molecular weight is 350 g/mol. The lowest BCUT2D eigenvalue weighted by atomic mass is 9.98. The molecule has 0 spiro atoms. The van der Waals surface area contributed by atoms with Gasteiger partial charge >= 0.3 is 0 Å². The summed E-state index contributed by atoms with van der Waals surface area (Å²) >= 11 is 0. The standard InChI is InChI=1S/C19H14N2O5/c22-13-2-1-12-10(3-4-20-17(12)18(13)25)5-9-6-11-8-15(24)21-19(26)16(11)14(23)7-9/h1-6,8,22-25H,7H2,(H,21,26). The smallest absolute Gasteiger partial charge is 0.261 e. The van der Waals surface area contributed by atoms with Crippen molar-refractivity contribution in [3.05, 3.63) is 62.4 Å². The number of phenols is 2. The summed E-state index contributed by atoms with van der Waals surface area (Å²) < 4.78 is 0. The Labute approximate surface area is 146 Å². The van der Waals surface area contributed by atoms with Gasteiger partial charge in [-0.2, -0.15) is 0 Å². The van der Waals surface area contributed by atoms with Crippen LogP contribution in [0.3, 0.4) is 0 Å². The number of hydrogen-bond donors (Lipinski definition) is 5. The van der Waals surface area contributed by atoms with Crippen molar-refractivity contribution in [2.75, 3.05) is 0 Å². The fourth-order valence-corrected chi connectivity index (χ4v) is 3.14. The van der Waals surface area contributed by atoms with Crippen LogP contribution < -0.4 is 16.0 Å². The fraction of sp³-hybridized carbons (Fsp3) is 0.0526. The van der Waals surface area contributed by atoms with Gasteiger partial charge in [0.15, 0.2) is 17.4 Å². The molecule has 0 saturated carbocycles. The van der Waals surface area contributed by atoms with E-state index in [1.54, 1.807) is 24.3 Å². The molecule has 4 rings (SSSR count). The molecule has 2 aromatic heterocycles. The highest BCUT2D eigenvalue weighted by molar-refractivity contribution is 5.94. The minimum absolute atomic E-state index is 0.0890. The van der Waals surface area contributed by atoms with E-state index in [0.29, 0.717) is 16.2 Å². The van der Waals surface area contributed by atoms with Gasteiger partial charge in [0.1, 0.15) is 11.3 Å². The Morgan fingerprint density at radius 2 is 1.92 bits per heavy atom. The Hall–Kier alpha value is -3.74. The van der Waals surface area contributed by atoms with Crippen molar-refractivity contribution in [3.8, 4) is 17.4 Å². The number of nitrogens with one attached hydrogen (secondary N) is 1. The second-order valence-corrected chi connectivity index (χ2v) is 6.03. The lowest BCUT2D eigenvalue weighted by Crippen LogP contribution is -2.43. The molecule has 0 unspecified atom stereocenters. The van der Waals surface area contributed by atoms with Gasteiger partial charge in [0.2, 0.25) is 0 Å². The summed E-state index contributed by atoms with van der Waals surface area (Å²) in [6.07, 6.45) is 5.15. The van der Waals surface area contributed by atoms with Gasteiger partial charge in [-0.15, -0.1) is 0 Å². The zero-order valence-corrected chi connectivity index (χ0v) is 13.4. The number of aliphatic hydroxyl groups excluding tert-OH is 1. The van der Waals surface area contributed by atoms with E-state index in [2.05, 4.69) is 9.97 Å². The third-order valence-corrected chi connectivity index (χ3v) is 4.29. The third-order valence-electron chi connectivity index (χ3n) is 4.29. The number of nitrogens with zero attached hydrogens (tertiary/aromatic N) is 1. The maximum absolute atomic E-state index is 11.9. The Kier molecular flexibility index (Phi) is 3.43. The lowest BCUT2D eigenvalue weighted by Gasteiger charge is -2.10. The average Bonchev–Trinajstić information content (AvgIpc) is 2.57. The predicted octanol–water partition coefficient (Wildman–Crippen LogP) is 0.974. The third kappa shape index (κ3) is 2.46. The van der Waals surface area contributed by atoms with Gasteiger partial charge in [-0.1, -0.05) is 12.2 Å². The molecule has 0 aliphatic heterocycles. The topological polar surface area (TPSA) is 127 Å². The molecular formula is C19H14N2O5. The van der Waals surface area contributed by atoms with Crippen LogP contribution in [0, 0.1) is 0 Å². The summed E-state index contributed by atoms with van der Waals surface area (Å²) in [5, 5.41) is 40.6. The van der Waals surface area contributed by atoms with E-state index >= 15 is 0 Å². The minimum Gasteiger partial charge on any atom is -0.511 e. The van der Waals surface area contributed by atoms with Crippen molar-refractivity contribution >= 4 is 28.8 Å². The molecule has 0 saturated heterocycles. The maximum Gasteiger partial charge on any atom is 0.261 e. The van der Waals surface area contributed by atoms with Crippen LogP contribution in [0.15, 0.2) is 40.8 Å².